The minimum absolute atomic E-state index is 0.0335. The van der Waals surface area contributed by atoms with Gasteiger partial charge in [-0.05, 0) is 80.0 Å². The molecule has 0 aliphatic carbocycles. The van der Waals surface area contributed by atoms with E-state index < -0.39 is 34.4 Å². The second kappa shape index (κ2) is 14.9. The van der Waals surface area contributed by atoms with Gasteiger partial charge in [0, 0.05) is 41.3 Å². The molecule has 5 rings (SSSR count). The van der Waals surface area contributed by atoms with E-state index in [0.29, 0.717) is 29.0 Å². The number of sulfonamides is 1. The fourth-order valence-electron chi connectivity index (χ4n) is 5.79. The third-order valence-electron chi connectivity index (χ3n) is 8.20. The maximum Gasteiger partial charge on any atom is 0.407 e. The predicted molar refractivity (Wildman–Crippen MR) is 182 cm³/mol. The van der Waals surface area contributed by atoms with Crippen LogP contribution >= 0.6 is 11.6 Å². The van der Waals surface area contributed by atoms with E-state index in [0.717, 1.165) is 53.3 Å². The molecule has 0 radical (unpaired) electrons. The maximum absolute atomic E-state index is 12.7. The summed E-state index contributed by atoms with van der Waals surface area (Å²) in [6.07, 6.45) is 3.90. The van der Waals surface area contributed by atoms with Crippen LogP contribution < -0.4 is 4.72 Å². The lowest BCUT2D eigenvalue weighted by atomic mass is 10.0. The fraction of sp³-hybridized carbons (Fsp3) is 0.371. The van der Waals surface area contributed by atoms with Gasteiger partial charge in [0.1, 0.15) is 6.10 Å². The van der Waals surface area contributed by atoms with Crippen molar-refractivity contribution >= 4 is 44.5 Å². The number of carbonyl (C=O) groups is 2. The van der Waals surface area contributed by atoms with E-state index in [4.69, 9.17) is 21.1 Å². The number of benzene rings is 3. The number of hydrogen-bond acceptors (Lipinski definition) is 6. The number of ether oxygens (including phenoxy) is 2. The van der Waals surface area contributed by atoms with E-state index >= 15 is 0 Å². The molecule has 12 heteroatoms. The molecule has 0 saturated carbocycles. The number of nitrogens with one attached hydrogen (secondary N) is 1. The van der Waals surface area contributed by atoms with Gasteiger partial charge >= 0.3 is 6.09 Å². The Bertz CT molecular complexity index is 1830. The molecule has 0 bridgehead atoms. The molecule has 2 amide bonds. The molecule has 0 spiro atoms. The highest BCUT2D eigenvalue weighted by Crippen LogP contribution is 2.31. The van der Waals surface area contributed by atoms with Gasteiger partial charge in [-0.15, -0.1) is 0 Å². The lowest BCUT2D eigenvalue weighted by Crippen LogP contribution is -2.37. The first-order valence-electron chi connectivity index (χ1n) is 15.6. The minimum Gasteiger partial charge on any atom is -0.465 e. The van der Waals surface area contributed by atoms with Crippen LogP contribution in [0, 0.1) is 0 Å². The fourth-order valence-corrected chi connectivity index (χ4v) is 6.44. The average molecular weight is 682 g/mol. The van der Waals surface area contributed by atoms with Crippen LogP contribution in [0.25, 0.3) is 22.0 Å². The van der Waals surface area contributed by atoms with Crippen molar-refractivity contribution in [3.05, 3.63) is 94.6 Å². The molecule has 250 valence electrons. The SMILES string of the molecule is CC(C)n1cc(C(=O)NS(C)(=O)=O)c2ccc(-c3ccc(CCN(C[C@@H](OC4CCCCO4)c4cccc(Cl)c4)C(=O)O)cc3)cc21. The number of amides is 2. The van der Waals surface area contributed by atoms with Crippen molar-refractivity contribution in [1.82, 2.24) is 14.2 Å². The van der Waals surface area contributed by atoms with Crippen molar-refractivity contribution in [1.29, 1.82) is 0 Å². The third-order valence-corrected chi connectivity index (χ3v) is 8.99. The molecule has 47 heavy (non-hydrogen) atoms. The van der Waals surface area contributed by atoms with E-state index in [9.17, 15) is 23.1 Å². The lowest BCUT2D eigenvalue weighted by molar-refractivity contribution is -0.192. The molecule has 4 aromatic rings. The second-order valence-electron chi connectivity index (χ2n) is 12.1. The van der Waals surface area contributed by atoms with Crippen molar-refractivity contribution in [2.45, 2.75) is 58.0 Å². The molecule has 1 aliphatic heterocycles. The lowest BCUT2D eigenvalue weighted by Gasteiger charge is -2.31. The molecule has 1 unspecified atom stereocenters. The van der Waals surface area contributed by atoms with Gasteiger partial charge in [0.2, 0.25) is 10.0 Å². The third kappa shape index (κ3) is 8.92. The van der Waals surface area contributed by atoms with Crippen LogP contribution in [0.15, 0.2) is 72.9 Å². The number of hydrogen-bond donors (Lipinski definition) is 2. The van der Waals surface area contributed by atoms with Crippen LogP contribution in [0.2, 0.25) is 5.02 Å². The first-order valence-corrected chi connectivity index (χ1v) is 17.9. The normalized spacial score (nSPS) is 15.9. The van der Waals surface area contributed by atoms with E-state index in [2.05, 4.69) is 4.72 Å². The van der Waals surface area contributed by atoms with E-state index in [1.807, 2.05) is 73.0 Å². The highest BCUT2D eigenvalue weighted by molar-refractivity contribution is 7.89. The Kier molecular flexibility index (Phi) is 10.9. The number of fused-ring (bicyclic) bond motifs is 1. The number of carbonyl (C=O) groups excluding carboxylic acids is 1. The largest absolute Gasteiger partial charge is 0.465 e. The standard InChI is InChI=1S/C35H40ClN3O7S/c1-23(2)39-21-30(34(40)37-47(3,43)44)29-15-14-26(20-31(29)39)25-12-10-24(11-13-25)16-17-38(35(41)42)22-32(27-7-6-8-28(36)19-27)46-33-9-4-5-18-45-33/h6-8,10-15,19-21,23,32-33H,4-5,9,16-18,22H2,1-3H3,(H,37,40)(H,41,42)/t32-,33?/m1/s1. The molecule has 2 heterocycles. The first-order chi connectivity index (χ1) is 22.4. The summed E-state index contributed by atoms with van der Waals surface area (Å²) in [4.78, 5) is 26.4. The maximum atomic E-state index is 12.7. The number of nitrogens with zero attached hydrogens (tertiary/aromatic N) is 2. The van der Waals surface area contributed by atoms with Crippen LogP contribution in [0.3, 0.4) is 0 Å². The van der Waals surface area contributed by atoms with Crippen LogP contribution in [-0.2, 0) is 25.9 Å². The Labute approximate surface area is 280 Å². The van der Waals surface area contributed by atoms with Crippen molar-refractivity contribution in [2.75, 3.05) is 26.0 Å². The molecular weight excluding hydrogens is 642 g/mol. The Balaban J connectivity index is 1.31. The Hall–Kier alpha value is -3.90. The Morgan fingerprint density at radius 2 is 1.83 bits per heavy atom. The van der Waals surface area contributed by atoms with Crippen LogP contribution in [-0.4, -0.2) is 67.2 Å². The smallest absolute Gasteiger partial charge is 0.407 e. The molecule has 3 aromatic carbocycles. The first kappa shape index (κ1) is 34.4. The number of halogens is 1. The minimum atomic E-state index is -3.71. The average Bonchev–Trinajstić information content (AvgIpc) is 3.42. The Morgan fingerprint density at radius 1 is 1.09 bits per heavy atom. The number of rotatable bonds is 12. The van der Waals surface area contributed by atoms with Gasteiger partial charge < -0.3 is 24.0 Å². The monoisotopic (exact) mass is 681 g/mol. The molecule has 1 fully saturated rings. The van der Waals surface area contributed by atoms with Gasteiger partial charge in [0.15, 0.2) is 6.29 Å². The number of carboxylic acid groups (broad SMARTS) is 1. The van der Waals surface area contributed by atoms with Gasteiger partial charge in [-0.1, -0.05) is 60.1 Å². The molecule has 1 saturated heterocycles. The zero-order valence-corrected chi connectivity index (χ0v) is 28.3. The molecule has 2 atom stereocenters. The van der Waals surface area contributed by atoms with E-state index in [-0.39, 0.29) is 19.1 Å². The van der Waals surface area contributed by atoms with Crippen molar-refractivity contribution in [3.8, 4) is 11.1 Å². The van der Waals surface area contributed by atoms with Crippen molar-refractivity contribution < 1.29 is 32.6 Å². The summed E-state index contributed by atoms with van der Waals surface area (Å²) in [5.74, 6) is -0.669. The predicted octanol–water partition coefficient (Wildman–Crippen LogP) is 7.04. The van der Waals surface area contributed by atoms with Gasteiger partial charge in [-0.3, -0.25) is 4.79 Å². The van der Waals surface area contributed by atoms with Crippen LogP contribution in [0.1, 0.15) is 66.7 Å². The van der Waals surface area contributed by atoms with Gasteiger partial charge in [-0.25, -0.2) is 17.9 Å². The zero-order chi connectivity index (χ0) is 33.7. The highest BCUT2D eigenvalue weighted by atomic mass is 35.5. The number of aromatic nitrogens is 1. The van der Waals surface area contributed by atoms with E-state index in [1.165, 1.54) is 4.90 Å². The summed E-state index contributed by atoms with van der Waals surface area (Å²) >= 11 is 6.26. The van der Waals surface area contributed by atoms with Gasteiger partial charge in [0.05, 0.1) is 18.4 Å². The van der Waals surface area contributed by atoms with Crippen LogP contribution in [0.5, 0.6) is 0 Å². The summed E-state index contributed by atoms with van der Waals surface area (Å²) in [6, 6.07) is 21.0. The van der Waals surface area contributed by atoms with Gasteiger partial charge in [-0.2, -0.15) is 0 Å². The summed E-state index contributed by atoms with van der Waals surface area (Å²) in [5, 5.41) is 11.3. The quantitative estimate of drug-likeness (QED) is 0.164. The molecule has 1 aromatic heterocycles. The summed E-state index contributed by atoms with van der Waals surface area (Å²) in [6.45, 7) is 5.01. The Morgan fingerprint density at radius 3 is 2.47 bits per heavy atom. The van der Waals surface area contributed by atoms with E-state index in [1.54, 1.807) is 18.3 Å². The topological polar surface area (TPSA) is 127 Å². The summed E-state index contributed by atoms with van der Waals surface area (Å²) < 4.78 is 39.4. The summed E-state index contributed by atoms with van der Waals surface area (Å²) in [7, 11) is -3.71. The molecule has 10 nitrogen and oxygen atoms in total. The highest BCUT2D eigenvalue weighted by Gasteiger charge is 2.26. The van der Waals surface area contributed by atoms with Crippen LogP contribution in [0.4, 0.5) is 4.79 Å². The van der Waals surface area contributed by atoms with Gasteiger partial charge in [0.25, 0.3) is 5.91 Å². The van der Waals surface area contributed by atoms with Crippen molar-refractivity contribution in [2.24, 2.45) is 0 Å². The molecule has 1 aliphatic rings. The second-order valence-corrected chi connectivity index (χ2v) is 14.3. The zero-order valence-electron chi connectivity index (χ0n) is 26.7. The molecular formula is C35H40ClN3O7S. The molecule has 2 N–H and O–H groups in total. The van der Waals surface area contributed by atoms with Crippen molar-refractivity contribution in [3.63, 3.8) is 0 Å². The summed E-state index contributed by atoms with van der Waals surface area (Å²) in [5.41, 5.74) is 4.75.